The molecule has 0 spiro atoms. The quantitative estimate of drug-likeness (QED) is 0.226. The zero-order valence-electron chi connectivity index (χ0n) is 23.1. The highest BCUT2D eigenvalue weighted by molar-refractivity contribution is 5.81. The minimum Gasteiger partial charge on any atom is -0.494 e. The van der Waals surface area contributed by atoms with Crippen LogP contribution in [-0.2, 0) is 16.0 Å². The number of carboxylic acids is 1. The molecular formula is C32H39N2O5+. The summed E-state index contributed by atoms with van der Waals surface area (Å²) in [6.07, 6.45) is 2.68. The highest BCUT2D eigenvalue weighted by atomic mass is 16.5. The van der Waals surface area contributed by atoms with Crippen LogP contribution in [-0.4, -0.2) is 68.6 Å². The fourth-order valence-corrected chi connectivity index (χ4v) is 4.99. The number of hydrogen-bond acceptors (Lipinski definition) is 4. The number of amides is 1. The van der Waals surface area contributed by atoms with Crippen molar-refractivity contribution in [1.29, 1.82) is 0 Å². The number of hydrogen-bond donors (Lipinski definition) is 2. The molecule has 206 valence electrons. The lowest BCUT2D eigenvalue weighted by molar-refractivity contribution is -0.870. The number of rotatable bonds is 13. The van der Waals surface area contributed by atoms with Gasteiger partial charge in [-0.3, -0.25) is 0 Å². The molecule has 7 heteroatoms. The fraction of sp³-hybridized carbons (Fsp3) is 0.375. The van der Waals surface area contributed by atoms with Crippen molar-refractivity contribution >= 4 is 12.1 Å². The van der Waals surface area contributed by atoms with E-state index in [0.29, 0.717) is 6.61 Å². The first-order chi connectivity index (χ1) is 18.7. The molecule has 1 aliphatic carbocycles. The number of benzene rings is 3. The van der Waals surface area contributed by atoms with Crippen LogP contribution in [0.4, 0.5) is 4.79 Å². The maximum Gasteiger partial charge on any atom is 0.407 e. The van der Waals surface area contributed by atoms with Gasteiger partial charge in [-0.2, -0.15) is 0 Å². The highest BCUT2D eigenvalue weighted by Gasteiger charge is 2.29. The van der Waals surface area contributed by atoms with Gasteiger partial charge in [0, 0.05) is 12.3 Å². The van der Waals surface area contributed by atoms with Crippen molar-refractivity contribution in [3.05, 3.63) is 89.5 Å². The molecule has 2 N–H and O–H groups in total. The van der Waals surface area contributed by atoms with Crippen molar-refractivity contribution < 1.29 is 28.7 Å². The van der Waals surface area contributed by atoms with Crippen molar-refractivity contribution in [3.8, 4) is 16.9 Å². The van der Waals surface area contributed by atoms with Crippen LogP contribution < -0.4 is 10.1 Å². The van der Waals surface area contributed by atoms with Crippen molar-refractivity contribution in [2.75, 3.05) is 40.9 Å². The number of nitrogens with one attached hydrogen (secondary N) is 1. The number of quaternary nitrogens is 1. The van der Waals surface area contributed by atoms with E-state index < -0.39 is 18.1 Å². The number of carbonyl (C=O) groups excluding carboxylic acids is 1. The van der Waals surface area contributed by atoms with Crippen LogP contribution in [0.15, 0.2) is 72.8 Å². The summed E-state index contributed by atoms with van der Waals surface area (Å²) < 4.78 is 12.3. The van der Waals surface area contributed by atoms with Crippen LogP contribution in [0.1, 0.15) is 41.9 Å². The Bertz CT molecular complexity index is 1220. The number of carbonyl (C=O) groups is 2. The molecule has 0 aliphatic heterocycles. The Kier molecular flexibility index (Phi) is 9.25. The average molecular weight is 532 g/mol. The summed E-state index contributed by atoms with van der Waals surface area (Å²) in [6.45, 7) is 1.93. The summed E-state index contributed by atoms with van der Waals surface area (Å²) in [5.41, 5.74) is 5.27. The maximum atomic E-state index is 12.6. The van der Waals surface area contributed by atoms with Gasteiger partial charge < -0.3 is 24.4 Å². The Hall–Kier alpha value is -3.84. The van der Waals surface area contributed by atoms with Gasteiger partial charge in [-0.15, -0.1) is 0 Å². The normalized spacial score (nSPS) is 13.3. The molecule has 0 heterocycles. The Labute approximate surface area is 231 Å². The molecule has 0 fully saturated rings. The molecular weight excluding hydrogens is 492 g/mol. The van der Waals surface area contributed by atoms with Crippen molar-refractivity contribution in [3.63, 3.8) is 0 Å². The van der Waals surface area contributed by atoms with Gasteiger partial charge in [0.05, 0.1) is 34.3 Å². The number of nitrogens with zero attached hydrogens (tertiary/aromatic N) is 1. The second-order valence-electron chi connectivity index (χ2n) is 11.1. The van der Waals surface area contributed by atoms with Crippen LogP contribution in [0.2, 0.25) is 0 Å². The second-order valence-corrected chi connectivity index (χ2v) is 11.1. The predicted octanol–water partition coefficient (Wildman–Crippen LogP) is 5.48. The Morgan fingerprint density at radius 2 is 1.49 bits per heavy atom. The van der Waals surface area contributed by atoms with Gasteiger partial charge in [0.1, 0.15) is 18.4 Å². The molecule has 0 bridgehead atoms. The van der Waals surface area contributed by atoms with Crippen molar-refractivity contribution in [1.82, 2.24) is 5.32 Å². The van der Waals surface area contributed by atoms with E-state index in [9.17, 15) is 14.7 Å². The molecule has 39 heavy (non-hydrogen) atoms. The molecule has 4 rings (SSSR count). The van der Waals surface area contributed by atoms with E-state index in [1.807, 2.05) is 60.7 Å². The molecule has 0 saturated heterocycles. The first-order valence-corrected chi connectivity index (χ1v) is 13.6. The number of carboxylic acid groups (broad SMARTS) is 1. The Morgan fingerprint density at radius 3 is 2.08 bits per heavy atom. The van der Waals surface area contributed by atoms with Gasteiger partial charge >= 0.3 is 12.1 Å². The van der Waals surface area contributed by atoms with Gasteiger partial charge in [-0.25, -0.2) is 9.59 Å². The van der Waals surface area contributed by atoms with Gasteiger partial charge in [0.2, 0.25) is 0 Å². The summed E-state index contributed by atoms with van der Waals surface area (Å²) in [6, 6.07) is 22.4. The van der Waals surface area contributed by atoms with Crippen molar-refractivity contribution in [2.24, 2.45) is 0 Å². The minimum atomic E-state index is -1.11. The highest BCUT2D eigenvalue weighted by Crippen LogP contribution is 2.44. The fourth-order valence-electron chi connectivity index (χ4n) is 4.99. The number of unbranched alkanes of at least 4 members (excludes halogenated alkanes) is 2. The first-order valence-electron chi connectivity index (χ1n) is 13.6. The van der Waals surface area contributed by atoms with E-state index in [0.717, 1.165) is 57.4 Å². The zero-order valence-corrected chi connectivity index (χ0v) is 23.1. The Morgan fingerprint density at radius 1 is 0.872 bits per heavy atom. The molecule has 1 atom stereocenters. The predicted molar refractivity (Wildman–Crippen MR) is 152 cm³/mol. The van der Waals surface area contributed by atoms with Crippen molar-refractivity contribution in [2.45, 2.75) is 37.6 Å². The smallest absolute Gasteiger partial charge is 0.407 e. The molecule has 7 nitrogen and oxygen atoms in total. The molecule has 1 amide bonds. The van der Waals surface area contributed by atoms with Gasteiger partial charge in [0.15, 0.2) is 0 Å². The molecule has 0 unspecified atom stereocenters. The number of alkyl carbamates (subject to hydrolysis) is 1. The number of ether oxygens (including phenoxy) is 2. The van der Waals surface area contributed by atoms with Crippen LogP contribution in [0, 0.1) is 0 Å². The first kappa shape index (κ1) is 28.2. The van der Waals surface area contributed by atoms with Crippen LogP contribution in [0.3, 0.4) is 0 Å². The lowest BCUT2D eigenvalue weighted by Gasteiger charge is -2.23. The van der Waals surface area contributed by atoms with Gasteiger partial charge in [-0.1, -0.05) is 60.7 Å². The molecule has 3 aromatic carbocycles. The van der Waals surface area contributed by atoms with Gasteiger partial charge in [-0.05, 0) is 59.2 Å². The van der Waals surface area contributed by atoms with Crippen LogP contribution >= 0.6 is 0 Å². The number of fused-ring (bicyclic) bond motifs is 3. The molecule has 3 aromatic rings. The monoisotopic (exact) mass is 531 g/mol. The maximum absolute atomic E-state index is 12.6. The largest absolute Gasteiger partial charge is 0.494 e. The van der Waals surface area contributed by atoms with E-state index in [1.54, 1.807) is 0 Å². The number of aliphatic carboxylic acids is 1. The van der Waals surface area contributed by atoms with Crippen LogP contribution in [0.5, 0.6) is 5.75 Å². The van der Waals surface area contributed by atoms with E-state index in [-0.39, 0.29) is 18.9 Å². The second kappa shape index (κ2) is 12.8. The average Bonchev–Trinajstić information content (AvgIpc) is 3.23. The van der Waals surface area contributed by atoms with Gasteiger partial charge in [0.25, 0.3) is 0 Å². The SMILES string of the molecule is C[N+](C)(C)CCCCCOc1ccc(C[C@H](NC(=O)OCC2c3ccccc3-c3ccccc32)C(=O)O)cc1. The third kappa shape index (κ3) is 7.83. The summed E-state index contributed by atoms with van der Waals surface area (Å²) in [5.74, 6) is -0.448. The topological polar surface area (TPSA) is 84.9 Å². The summed E-state index contributed by atoms with van der Waals surface area (Å²) >= 11 is 0. The molecule has 0 saturated carbocycles. The lowest BCUT2D eigenvalue weighted by Crippen LogP contribution is -2.42. The van der Waals surface area contributed by atoms with E-state index in [2.05, 4.69) is 38.6 Å². The Balaban J connectivity index is 1.25. The third-order valence-electron chi connectivity index (χ3n) is 7.04. The lowest BCUT2D eigenvalue weighted by atomic mass is 9.98. The minimum absolute atomic E-state index is 0.0865. The standard InChI is InChI=1S/C32H38N2O5/c1-34(2,3)19-9-4-10-20-38-24-17-15-23(16-18-24)21-30(31(35)36)33-32(37)39-22-29-27-13-7-5-11-25(27)26-12-6-8-14-28(26)29/h5-8,11-18,29-30H,4,9-10,19-22H2,1-3H3,(H-,33,35,36,37)/p+1/t30-/m0/s1. The van der Waals surface area contributed by atoms with E-state index in [4.69, 9.17) is 9.47 Å². The van der Waals surface area contributed by atoms with Crippen LogP contribution in [0.25, 0.3) is 11.1 Å². The third-order valence-corrected chi connectivity index (χ3v) is 7.04. The summed E-state index contributed by atoms with van der Waals surface area (Å²) in [5, 5.41) is 12.2. The molecule has 0 radical (unpaired) electrons. The molecule has 0 aromatic heterocycles. The molecule has 1 aliphatic rings. The zero-order chi connectivity index (χ0) is 27.8. The van der Waals surface area contributed by atoms with E-state index in [1.165, 1.54) is 6.42 Å². The van der Waals surface area contributed by atoms with E-state index >= 15 is 0 Å². The summed E-state index contributed by atoms with van der Waals surface area (Å²) in [4.78, 5) is 24.5. The summed E-state index contributed by atoms with van der Waals surface area (Å²) in [7, 11) is 6.58.